The average Bonchev–Trinajstić information content (AvgIpc) is 3.57. The predicted octanol–water partition coefficient (Wildman–Crippen LogP) is 5.16. The van der Waals surface area contributed by atoms with Gasteiger partial charge in [-0.3, -0.25) is 9.69 Å². The number of hydrogen-bond donors (Lipinski definition) is 1. The number of carbonyl (C=O) groups is 2. The van der Waals surface area contributed by atoms with E-state index in [0.29, 0.717) is 50.4 Å². The van der Waals surface area contributed by atoms with Gasteiger partial charge in [0, 0.05) is 50.0 Å². The van der Waals surface area contributed by atoms with Gasteiger partial charge in [-0.1, -0.05) is 35.9 Å². The zero-order valence-corrected chi connectivity index (χ0v) is 24.8. The van der Waals surface area contributed by atoms with Gasteiger partial charge in [0.1, 0.15) is 5.75 Å². The van der Waals surface area contributed by atoms with Gasteiger partial charge in [-0.25, -0.2) is 9.78 Å². The van der Waals surface area contributed by atoms with Crippen molar-refractivity contribution in [2.24, 2.45) is 0 Å². The molecule has 9 nitrogen and oxygen atoms in total. The third kappa shape index (κ3) is 7.67. The van der Waals surface area contributed by atoms with Crippen LogP contribution in [-0.2, 0) is 27.4 Å². The molecular weight excluding hydrogens is 589 g/mol. The lowest BCUT2D eigenvalue weighted by Gasteiger charge is -2.42. The van der Waals surface area contributed by atoms with Crippen molar-refractivity contribution in [1.82, 2.24) is 19.4 Å². The summed E-state index contributed by atoms with van der Waals surface area (Å²) in [6.45, 7) is 7.73. The molecule has 5 rings (SSSR count). The number of methoxy groups -OCH3 is 1. The highest BCUT2D eigenvalue weighted by Crippen LogP contribution is 2.42. The van der Waals surface area contributed by atoms with Crippen LogP contribution in [0.4, 0.5) is 13.2 Å². The number of carbonyl (C=O) groups excluding carboxylic acids is 1. The van der Waals surface area contributed by atoms with Gasteiger partial charge in [0.2, 0.25) is 0 Å². The quantitative estimate of drug-likeness (QED) is 0.389. The number of amides is 1. The summed E-state index contributed by atoms with van der Waals surface area (Å²) in [6.07, 6.45) is -1.16. The van der Waals surface area contributed by atoms with Crippen LogP contribution in [0, 0.1) is 0 Å². The highest BCUT2D eigenvalue weighted by Gasteiger charge is 2.57. The molecule has 2 fully saturated rings. The van der Waals surface area contributed by atoms with Crippen molar-refractivity contribution in [2.45, 2.75) is 50.7 Å². The van der Waals surface area contributed by atoms with Gasteiger partial charge in [-0.05, 0) is 49.2 Å². The molecule has 3 heterocycles. The zero-order valence-electron chi connectivity index (χ0n) is 24.1. The lowest BCUT2D eigenvalue weighted by Crippen LogP contribution is -2.60. The number of carboxylic acids is 1. The lowest BCUT2D eigenvalue weighted by atomic mass is 9.85. The Morgan fingerprint density at radius 3 is 2.47 bits per heavy atom. The van der Waals surface area contributed by atoms with E-state index in [0.717, 1.165) is 22.6 Å². The van der Waals surface area contributed by atoms with E-state index in [1.807, 2.05) is 53.7 Å². The molecule has 2 aliphatic rings. The maximum absolute atomic E-state index is 14.1. The fraction of sp³-hybridized carbons (Fsp3) is 0.433. The molecule has 2 aliphatic heterocycles. The molecule has 2 unspecified atom stereocenters. The number of carboxylic acid groups (broad SMARTS) is 1. The Morgan fingerprint density at radius 2 is 1.88 bits per heavy atom. The lowest BCUT2D eigenvalue weighted by molar-refractivity contribution is -0.192. The number of ether oxygens (including phenoxy) is 2. The van der Waals surface area contributed by atoms with E-state index in [1.54, 1.807) is 7.11 Å². The van der Waals surface area contributed by atoms with Gasteiger partial charge in [0.15, 0.2) is 5.60 Å². The molecule has 1 N–H and O–H groups in total. The van der Waals surface area contributed by atoms with Gasteiger partial charge >= 0.3 is 12.1 Å². The molecule has 0 saturated carbocycles. The van der Waals surface area contributed by atoms with Crippen LogP contribution in [0.1, 0.15) is 42.6 Å². The first kappa shape index (κ1) is 32.3. The molecule has 2 atom stereocenters. The second kappa shape index (κ2) is 13.4. The number of likely N-dealkylation sites (tertiary alicyclic amines) is 1. The van der Waals surface area contributed by atoms with Gasteiger partial charge in [0.05, 0.1) is 31.7 Å². The van der Waals surface area contributed by atoms with Crippen molar-refractivity contribution < 1.29 is 37.3 Å². The van der Waals surface area contributed by atoms with Crippen LogP contribution in [0.5, 0.6) is 5.75 Å². The Morgan fingerprint density at radius 1 is 1.19 bits per heavy atom. The van der Waals surface area contributed by atoms with E-state index in [1.165, 1.54) is 0 Å². The summed E-state index contributed by atoms with van der Waals surface area (Å²) in [4.78, 5) is 32.0. The number of alkyl halides is 3. The summed E-state index contributed by atoms with van der Waals surface area (Å²) in [6, 6.07) is 16.1. The largest absolute Gasteiger partial charge is 0.497 e. The fourth-order valence-corrected chi connectivity index (χ4v) is 5.52. The van der Waals surface area contributed by atoms with E-state index in [2.05, 4.69) is 35.6 Å². The Bertz CT molecular complexity index is 1420. The molecule has 0 bridgehead atoms. The first-order chi connectivity index (χ1) is 20.3. The van der Waals surface area contributed by atoms with Crippen LogP contribution >= 0.6 is 11.6 Å². The molecule has 3 aromatic rings. The molecule has 0 radical (unpaired) electrons. The van der Waals surface area contributed by atoms with Crippen molar-refractivity contribution in [1.29, 1.82) is 0 Å². The molecule has 1 aromatic heterocycles. The number of imidazole rings is 1. The molecule has 2 aromatic carbocycles. The van der Waals surface area contributed by atoms with Crippen LogP contribution in [0.15, 0.2) is 61.1 Å². The van der Waals surface area contributed by atoms with Crippen molar-refractivity contribution in [2.75, 3.05) is 33.4 Å². The number of aliphatic carboxylic acids is 1. The summed E-state index contributed by atoms with van der Waals surface area (Å²) in [5.41, 5.74) is 2.11. The van der Waals surface area contributed by atoms with Crippen LogP contribution in [0.2, 0.25) is 5.02 Å². The molecule has 43 heavy (non-hydrogen) atoms. The maximum atomic E-state index is 14.1. The molecule has 2 saturated heterocycles. The standard InChI is InChI=1S/C28H33ClN4O3.C2HF3O2/c1-20(2)33-17-26(30-19-33)25-16-31(14-22-5-4-6-23(29)13-22)18-28(25)27(34)32(11-12-36-28)15-21-7-9-24(35-3)10-8-21;3-2(4,5)1(6)7/h4-10,13,17,19-20,25H,11-12,14-16,18H2,1-3H3;(H,6,7). The molecular formula is C30H34ClF3N4O5. The SMILES string of the molecule is COc1ccc(CN2CCOC3(CN(Cc4cccc(Cl)c4)CC3c3cn(C(C)C)cn3)C2=O)cc1.O=C(O)C(F)(F)F. The number of aromatic nitrogens is 2. The fourth-order valence-electron chi connectivity index (χ4n) is 5.31. The van der Waals surface area contributed by atoms with Crippen molar-refractivity contribution in [3.8, 4) is 5.75 Å². The average molecular weight is 623 g/mol. The van der Waals surface area contributed by atoms with Crippen molar-refractivity contribution in [3.63, 3.8) is 0 Å². The van der Waals surface area contributed by atoms with Crippen LogP contribution in [0.25, 0.3) is 0 Å². The van der Waals surface area contributed by atoms with E-state index in [-0.39, 0.29) is 11.8 Å². The Hall–Kier alpha value is -3.61. The molecule has 232 valence electrons. The number of morpholine rings is 1. The monoisotopic (exact) mass is 622 g/mol. The zero-order chi connectivity index (χ0) is 31.4. The first-order valence-electron chi connectivity index (χ1n) is 13.7. The Kier molecular flexibility index (Phi) is 10.0. The van der Waals surface area contributed by atoms with Gasteiger partial charge in [-0.2, -0.15) is 13.2 Å². The third-order valence-corrected chi connectivity index (χ3v) is 7.71. The minimum absolute atomic E-state index is 0.0299. The van der Waals surface area contributed by atoms with Crippen LogP contribution in [0.3, 0.4) is 0 Å². The second-order valence-electron chi connectivity index (χ2n) is 10.8. The number of halogens is 4. The van der Waals surface area contributed by atoms with Crippen molar-refractivity contribution >= 4 is 23.5 Å². The first-order valence-corrected chi connectivity index (χ1v) is 14.1. The Labute approximate surface area is 252 Å². The highest BCUT2D eigenvalue weighted by molar-refractivity contribution is 6.30. The molecule has 0 aliphatic carbocycles. The van der Waals surface area contributed by atoms with Crippen LogP contribution < -0.4 is 4.74 Å². The van der Waals surface area contributed by atoms with E-state index < -0.39 is 17.7 Å². The Balaban J connectivity index is 0.000000541. The minimum atomic E-state index is -5.08. The number of hydrogen-bond acceptors (Lipinski definition) is 6. The van der Waals surface area contributed by atoms with E-state index in [9.17, 15) is 18.0 Å². The topological polar surface area (TPSA) is 97.1 Å². The summed E-state index contributed by atoms with van der Waals surface area (Å²) in [7, 11) is 1.65. The number of nitrogens with zero attached hydrogens (tertiary/aromatic N) is 4. The van der Waals surface area contributed by atoms with Crippen LogP contribution in [-0.4, -0.2) is 81.5 Å². The summed E-state index contributed by atoms with van der Waals surface area (Å²) in [5.74, 6) is -2.09. The normalized spacial score (nSPS) is 20.8. The second-order valence-corrected chi connectivity index (χ2v) is 11.2. The van der Waals surface area contributed by atoms with Gasteiger partial charge in [0.25, 0.3) is 5.91 Å². The summed E-state index contributed by atoms with van der Waals surface area (Å²) < 4.78 is 45.6. The maximum Gasteiger partial charge on any atom is 0.490 e. The summed E-state index contributed by atoms with van der Waals surface area (Å²) >= 11 is 6.24. The minimum Gasteiger partial charge on any atom is -0.497 e. The van der Waals surface area contributed by atoms with Gasteiger partial charge < -0.3 is 24.0 Å². The van der Waals surface area contributed by atoms with Crippen molar-refractivity contribution in [3.05, 3.63) is 82.9 Å². The molecule has 13 heteroatoms. The summed E-state index contributed by atoms with van der Waals surface area (Å²) in [5, 5.41) is 7.84. The smallest absolute Gasteiger partial charge is 0.490 e. The third-order valence-electron chi connectivity index (χ3n) is 7.48. The molecule has 1 amide bonds. The predicted molar refractivity (Wildman–Crippen MR) is 153 cm³/mol. The number of benzene rings is 2. The highest BCUT2D eigenvalue weighted by atomic mass is 35.5. The van der Waals surface area contributed by atoms with E-state index in [4.69, 9.17) is 36.0 Å². The van der Waals surface area contributed by atoms with E-state index >= 15 is 0 Å². The number of rotatable bonds is 7. The van der Waals surface area contributed by atoms with Gasteiger partial charge in [-0.15, -0.1) is 0 Å². The molecule has 1 spiro atoms.